The molecule has 17 heavy (non-hydrogen) atoms. The third-order valence-electron chi connectivity index (χ3n) is 3.11. The Balaban J connectivity index is 2.53. The molecular formula is C12H21NO4. The number of ether oxygens (including phenoxy) is 1. The first-order chi connectivity index (χ1) is 8.04. The Labute approximate surface area is 102 Å². The van der Waals surface area contributed by atoms with Crippen LogP contribution in [0, 0.1) is 5.92 Å². The zero-order valence-electron chi connectivity index (χ0n) is 10.4. The van der Waals surface area contributed by atoms with Crippen LogP contribution in [0.2, 0.25) is 0 Å². The van der Waals surface area contributed by atoms with Gasteiger partial charge in [-0.05, 0) is 19.3 Å². The van der Waals surface area contributed by atoms with E-state index in [4.69, 9.17) is 4.74 Å². The summed E-state index contributed by atoms with van der Waals surface area (Å²) in [4.78, 5) is 22.5. The van der Waals surface area contributed by atoms with Crippen LogP contribution in [-0.2, 0) is 14.3 Å². The van der Waals surface area contributed by atoms with Gasteiger partial charge in [0, 0.05) is 6.92 Å². The molecule has 0 aromatic rings. The number of carbonyl (C=O) groups excluding carboxylic acids is 2. The van der Waals surface area contributed by atoms with Crippen LogP contribution in [0.3, 0.4) is 0 Å². The summed E-state index contributed by atoms with van der Waals surface area (Å²) in [5.41, 5.74) is 0. The fourth-order valence-electron chi connectivity index (χ4n) is 2.01. The molecule has 98 valence electrons. The molecule has 0 radical (unpaired) electrons. The van der Waals surface area contributed by atoms with Crippen molar-refractivity contribution in [3.05, 3.63) is 0 Å². The molecule has 0 aliphatic heterocycles. The maximum atomic E-state index is 11.4. The predicted octanol–water partition coefficient (Wildman–Crippen LogP) is 0.605. The Morgan fingerprint density at radius 2 is 2.12 bits per heavy atom. The molecule has 2 atom stereocenters. The van der Waals surface area contributed by atoms with Gasteiger partial charge in [0.05, 0.1) is 12.6 Å². The highest BCUT2D eigenvalue weighted by molar-refractivity contribution is 5.78. The molecule has 0 aromatic heterocycles. The first kappa shape index (κ1) is 14.0. The number of carbonyl (C=O) groups is 2. The molecule has 0 bridgehead atoms. The van der Waals surface area contributed by atoms with Gasteiger partial charge in [-0.25, -0.2) is 4.79 Å². The van der Waals surface area contributed by atoms with Gasteiger partial charge in [0.15, 0.2) is 6.10 Å². The van der Waals surface area contributed by atoms with Crippen LogP contribution in [0.1, 0.15) is 39.5 Å². The zero-order chi connectivity index (χ0) is 12.8. The topological polar surface area (TPSA) is 75.6 Å². The molecule has 0 saturated heterocycles. The number of esters is 1. The van der Waals surface area contributed by atoms with Crippen LogP contribution in [0.5, 0.6) is 0 Å². The third kappa shape index (κ3) is 4.34. The van der Waals surface area contributed by atoms with Crippen LogP contribution in [0.15, 0.2) is 0 Å². The van der Waals surface area contributed by atoms with Gasteiger partial charge in [0.2, 0.25) is 5.91 Å². The van der Waals surface area contributed by atoms with Gasteiger partial charge in [-0.3, -0.25) is 4.79 Å². The Morgan fingerprint density at radius 1 is 1.47 bits per heavy atom. The van der Waals surface area contributed by atoms with Crippen LogP contribution in [0.25, 0.3) is 0 Å². The van der Waals surface area contributed by atoms with Crippen LogP contribution >= 0.6 is 0 Å². The number of hydrogen-bond donors (Lipinski definition) is 2. The molecule has 0 heterocycles. The number of hydrogen-bond acceptors (Lipinski definition) is 4. The second kappa shape index (κ2) is 6.59. The van der Waals surface area contributed by atoms with E-state index in [2.05, 4.69) is 5.32 Å². The highest BCUT2D eigenvalue weighted by Gasteiger charge is 2.32. The van der Waals surface area contributed by atoms with Gasteiger partial charge < -0.3 is 15.2 Å². The van der Waals surface area contributed by atoms with Crippen molar-refractivity contribution in [2.24, 2.45) is 5.92 Å². The van der Waals surface area contributed by atoms with Gasteiger partial charge in [-0.2, -0.15) is 0 Å². The van der Waals surface area contributed by atoms with Gasteiger partial charge in [0.1, 0.15) is 0 Å². The zero-order valence-corrected chi connectivity index (χ0v) is 10.4. The van der Waals surface area contributed by atoms with Crippen molar-refractivity contribution in [1.29, 1.82) is 0 Å². The molecule has 2 unspecified atom stereocenters. The predicted molar refractivity (Wildman–Crippen MR) is 62.2 cm³/mol. The van der Waals surface area contributed by atoms with E-state index >= 15 is 0 Å². The molecule has 1 aliphatic rings. The number of nitrogens with one attached hydrogen (secondary N) is 1. The van der Waals surface area contributed by atoms with Crippen molar-refractivity contribution in [3.63, 3.8) is 0 Å². The number of amides is 1. The maximum absolute atomic E-state index is 11.4. The number of aliphatic hydroxyl groups is 1. The van der Waals surface area contributed by atoms with Crippen molar-refractivity contribution >= 4 is 11.9 Å². The minimum Gasteiger partial charge on any atom is -0.464 e. The highest BCUT2D eigenvalue weighted by atomic mass is 16.5. The van der Waals surface area contributed by atoms with E-state index in [1.54, 1.807) is 6.92 Å². The minimum absolute atomic E-state index is 0.228. The fraction of sp³-hybridized carbons (Fsp3) is 0.833. The van der Waals surface area contributed by atoms with Crippen molar-refractivity contribution in [1.82, 2.24) is 5.32 Å². The molecule has 1 fully saturated rings. The minimum atomic E-state index is -1.26. The van der Waals surface area contributed by atoms with Crippen molar-refractivity contribution in [2.75, 3.05) is 6.61 Å². The third-order valence-corrected chi connectivity index (χ3v) is 3.11. The monoisotopic (exact) mass is 243 g/mol. The Morgan fingerprint density at radius 3 is 2.53 bits per heavy atom. The smallest absolute Gasteiger partial charge is 0.337 e. The molecule has 1 aliphatic carbocycles. The summed E-state index contributed by atoms with van der Waals surface area (Å²) in [5.74, 6) is -0.404. The lowest BCUT2D eigenvalue weighted by atomic mass is 9.80. The van der Waals surface area contributed by atoms with Crippen molar-refractivity contribution in [2.45, 2.75) is 51.7 Å². The van der Waals surface area contributed by atoms with Gasteiger partial charge in [-0.15, -0.1) is 0 Å². The summed E-state index contributed by atoms with van der Waals surface area (Å²) in [6, 6.07) is -0.531. The van der Waals surface area contributed by atoms with Crippen LogP contribution < -0.4 is 5.32 Å². The fourth-order valence-corrected chi connectivity index (χ4v) is 2.01. The average molecular weight is 243 g/mol. The largest absolute Gasteiger partial charge is 0.464 e. The molecule has 1 rings (SSSR count). The lowest BCUT2D eigenvalue weighted by Crippen LogP contribution is -2.48. The normalized spacial score (nSPS) is 19.0. The summed E-state index contributed by atoms with van der Waals surface area (Å²) < 4.78 is 4.76. The van der Waals surface area contributed by atoms with E-state index in [9.17, 15) is 14.7 Å². The molecule has 5 nitrogen and oxygen atoms in total. The second-order valence-electron chi connectivity index (χ2n) is 4.54. The quantitative estimate of drug-likeness (QED) is 0.670. The van der Waals surface area contributed by atoms with E-state index in [1.165, 1.54) is 13.3 Å². The van der Waals surface area contributed by atoms with Crippen molar-refractivity contribution in [3.8, 4) is 0 Å². The standard InChI is InChI=1S/C12H21NO4/c1-3-17-12(16)11(15)10(13-8(2)14)7-9-5-4-6-9/h9-11,15H,3-7H2,1-2H3,(H,13,14). The van der Waals surface area contributed by atoms with Crippen LogP contribution in [-0.4, -0.2) is 35.7 Å². The number of aliphatic hydroxyl groups excluding tert-OH is 1. The lowest BCUT2D eigenvalue weighted by Gasteiger charge is -2.31. The SMILES string of the molecule is CCOC(=O)C(O)C(CC1CCC1)NC(C)=O. The van der Waals surface area contributed by atoms with Gasteiger partial charge in [-0.1, -0.05) is 19.3 Å². The first-order valence-electron chi connectivity index (χ1n) is 6.16. The van der Waals surface area contributed by atoms with E-state index in [1.807, 2.05) is 0 Å². The van der Waals surface area contributed by atoms with Gasteiger partial charge >= 0.3 is 5.97 Å². The van der Waals surface area contributed by atoms with E-state index in [0.717, 1.165) is 12.8 Å². The van der Waals surface area contributed by atoms with Gasteiger partial charge in [0.25, 0.3) is 0 Å². The Kier molecular flexibility index (Phi) is 5.41. The average Bonchev–Trinajstić information content (AvgIpc) is 2.20. The molecule has 0 aromatic carbocycles. The lowest BCUT2D eigenvalue weighted by molar-refractivity contribution is -0.155. The summed E-state index contributed by atoms with van der Waals surface area (Å²) in [5, 5.41) is 12.5. The summed E-state index contributed by atoms with van der Waals surface area (Å²) in [6.07, 6.45) is 2.77. The second-order valence-corrected chi connectivity index (χ2v) is 4.54. The Hall–Kier alpha value is -1.10. The maximum Gasteiger partial charge on any atom is 0.337 e. The van der Waals surface area contributed by atoms with E-state index < -0.39 is 18.1 Å². The summed E-state index contributed by atoms with van der Waals surface area (Å²) in [6.45, 7) is 3.29. The van der Waals surface area contributed by atoms with Crippen molar-refractivity contribution < 1.29 is 19.4 Å². The Bertz CT molecular complexity index is 276. The molecule has 5 heteroatoms. The highest BCUT2D eigenvalue weighted by Crippen LogP contribution is 2.31. The summed E-state index contributed by atoms with van der Waals surface area (Å²) in [7, 11) is 0. The number of rotatable bonds is 6. The molecular weight excluding hydrogens is 222 g/mol. The van der Waals surface area contributed by atoms with E-state index in [-0.39, 0.29) is 12.5 Å². The molecule has 2 N–H and O–H groups in total. The van der Waals surface area contributed by atoms with E-state index in [0.29, 0.717) is 12.3 Å². The summed E-state index contributed by atoms with van der Waals surface area (Å²) >= 11 is 0. The molecule has 0 spiro atoms. The first-order valence-corrected chi connectivity index (χ1v) is 6.16. The van der Waals surface area contributed by atoms with Crippen LogP contribution in [0.4, 0.5) is 0 Å². The molecule has 1 saturated carbocycles. The molecule has 1 amide bonds.